The van der Waals surface area contributed by atoms with Gasteiger partial charge in [0.2, 0.25) is 5.91 Å². The first-order valence-corrected chi connectivity index (χ1v) is 8.58. The molecule has 1 atom stereocenters. The van der Waals surface area contributed by atoms with E-state index in [1.165, 1.54) is 0 Å². The summed E-state index contributed by atoms with van der Waals surface area (Å²) in [6.45, 7) is 1.67. The lowest BCUT2D eigenvalue weighted by Gasteiger charge is -2.14. The Labute approximate surface area is 151 Å². The van der Waals surface area contributed by atoms with Crippen molar-refractivity contribution in [1.82, 2.24) is 4.98 Å². The van der Waals surface area contributed by atoms with Crippen molar-refractivity contribution in [2.75, 3.05) is 5.32 Å². The van der Waals surface area contributed by atoms with Crippen molar-refractivity contribution >= 4 is 33.4 Å². The second-order valence-electron chi connectivity index (χ2n) is 6.38. The van der Waals surface area contributed by atoms with Crippen LogP contribution < -0.4 is 11.1 Å². The highest BCUT2D eigenvalue weighted by Gasteiger charge is 2.13. The number of anilines is 1. The Bertz CT molecular complexity index is 1120. The second kappa shape index (κ2) is 6.58. The van der Waals surface area contributed by atoms with Crippen molar-refractivity contribution in [3.05, 3.63) is 72.8 Å². The number of amides is 1. The van der Waals surface area contributed by atoms with Crippen molar-refractivity contribution in [2.24, 2.45) is 5.73 Å². The quantitative estimate of drug-likeness (QED) is 0.545. The molecule has 0 saturated heterocycles. The van der Waals surface area contributed by atoms with Crippen LogP contribution in [0.5, 0.6) is 0 Å². The molecule has 0 unspecified atom stereocenters. The molecule has 0 spiro atoms. The normalized spacial score (nSPS) is 12.2. The Hall–Kier alpha value is -3.24. The molecule has 128 valence electrons. The van der Waals surface area contributed by atoms with Gasteiger partial charge in [-0.1, -0.05) is 48.5 Å². The summed E-state index contributed by atoms with van der Waals surface area (Å²) in [5.74, 6) is -0.207. The van der Waals surface area contributed by atoms with Gasteiger partial charge in [-0.3, -0.25) is 4.79 Å². The van der Waals surface area contributed by atoms with Crippen molar-refractivity contribution in [1.29, 1.82) is 0 Å². The smallest absolute Gasteiger partial charge is 0.241 e. The molecule has 1 aromatic heterocycles. The van der Waals surface area contributed by atoms with E-state index in [0.29, 0.717) is 0 Å². The summed E-state index contributed by atoms with van der Waals surface area (Å²) in [6, 6.07) is 23.5. The number of benzene rings is 3. The Morgan fingerprint density at radius 3 is 2.46 bits per heavy atom. The maximum Gasteiger partial charge on any atom is 0.241 e. The highest BCUT2D eigenvalue weighted by Crippen LogP contribution is 2.34. The van der Waals surface area contributed by atoms with Crippen LogP contribution in [0.25, 0.3) is 32.9 Å². The van der Waals surface area contributed by atoms with Gasteiger partial charge in [0.1, 0.15) is 0 Å². The van der Waals surface area contributed by atoms with Gasteiger partial charge >= 0.3 is 0 Å². The van der Waals surface area contributed by atoms with Crippen LogP contribution in [-0.2, 0) is 4.79 Å². The molecule has 0 fully saturated rings. The van der Waals surface area contributed by atoms with Crippen LogP contribution in [0.15, 0.2) is 72.8 Å². The Kier molecular flexibility index (Phi) is 4.11. The van der Waals surface area contributed by atoms with E-state index >= 15 is 0 Å². The molecular weight excluding hydrogens is 322 g/mol. The molecule has 1 amide bonds. The maximum absolute atomic E-state index is 12.1. The fourth-order valence-electron chi connectivity index (χ4n) is 3.11. The maximum atomic E-state index is 12.1. The van der Waals surface area contributed by atoms with E-state index in [9.17, 15) is 4.79 Å². The molecule has 3 aromatic carbocycles. The van der Waals surface area contributed by atoms with Crippen LogP contribution in [0.1, 0.15) is 6.92 Å². The predicted octanol–water partition coefficient (Wildman–Crippen LogP) is 4.34. The number of nitrogens with one attached hydrogen (secondary N) is 1. The number of rotatable bonds is 3. The number of hydrogen-bond donors (Lipinski definition) is 2. The number of fused-ring (bicyclic) bond motifs is 2. The molecule has 3 N–H and O–H groups in total. The first-order valence-electron chi connectivity index (χ1n) is 8.58. The summed E-state index contributed by atoms with van der Waals surface area (Å²) in [6.07, 6.45) is 0. The zero-order valence-corrected chi connectivity index (χ0v) is 14.4. The Morgan fingerprint density at radius 1 is 0.923 bits per heavy atom. The van der Waals surface area contributed by atoms with E-state index in [1.807, 2.05) is 54.6 Å². The average molecular weight is 341 g/mol. The standard InChI is InChI=1S/C22H19N3O/c1-14(23)22(26)25-20-11-5-3-8-17(20)16-9-6-12-21-18(16)13-15-7-2-4-10-19(15)24-21/h2-14H,23H2,1H3,(H,25,26)/t14-/m0/s1. The van der Waals surface area contributed by atoms with E-state index in [0.717, 1.165) is 38.6 Å². The van der Waals surface area contributed by atoms with Gasteiger partial charge in [-0.15, -0.1) is 0 Å². The summed E-state index contributed by atoms with van der Waals surface area (Å²) < 4.78 is 0. The molecule has 0 radical (unpaired) electrons. The molecule has 26 heavy (non-hydrogen) atoms. The predicted molar refractivity (Wildman–Crippen MR) is 107 cm³/mol. The van der Waals surface area contributed by atoms with Crippen molar-refractivity contribution < 1.29 is 4.79 Å². The van der Waals surface area contributed by atoms with Crippen LogP contribution in [0.4, 0.5) is 5.69 Å². The average Bonchev–Trinajstić information content (AvgIpc) is 2.66. The van der Waals surface area contributed by atoms with Crippen LogP contribution in [0, 0.1) is 0 Å². The lowest BCUT2D eigenvalue weighted by atomic mass is 9.97. The number of carbonyl (C=O) groups is 1. The molecular formula is C22H19N3O. The third-order valence-electron chi connectivity index (χ3n) is 4.45. The van der Waals surface area contributed by atoms with E-state index in [-0.39, 0.29) is 5.91 Å². The fraction of sp³-hybridized carbons (Fsp3) is 0.0909. The number of nitrogens with zero attached hydrogens (tertiary/aromatic N) is 1. The monoisotopic (exact) mass is 341 g/mol. The molecule has 4 nitrogen and oxygen atoms in total. The first kappa shape index (κ1) is 16.2. The fourth-order valence-corrected chi connectivity index (χ4v) is 3.11. The molecule has 0 aliphatic carbocycles. The van der Waals surface area contributed by atoms with Gasteiger partial charge in [0.05, 0.1) is 17.1 Å². The third kappa shape index (κ3) is 2.91. The highest BCUT2D eigenvalue weighted by molar-refractivity contribution is 6.05. The number of carbonyl (C=O) groups excluding carboxylic acids is 1. The third-order valence-corrected chi connectivity index (χ3v) is 4.45. The van der Waals surface area contributed by atoms with Crippen LogP contribution in [-0.4, -0.2) is 16.9 Å². The van der Waals surface area contributed by atoms with E-state index in [1.54, 1.807) is 6.92 Å². The highest BCUT2D eigenvalue weighted by atomic mass is 16.2. The van der Waals surface area contributed by atoms with Crippen LogP contribution in [0.3, 0.4) is 0 Å². The lowest BCUT2D eigenvalue weighted by molar-refractivity contribution is -0.117. The van der Waals surface area contributed by atoms with E-state index in [2.05, 4.69) is 23.5 Å². The lowest BCUT2D eigenvalue weighted by Crippen LogP contribution is -2.32. The number of pyridine rings is 1. The molecule has 4 aromatic rings. The Morgan fingerprint density at radius 2 is 1.62 bits per heavy atom. The van der Waals surface area contributed by atoms with E-state index < -0.39 is 6.04 Å². The summed E-state index contributed by atoms with van der Waals surface area (Å²) in [5, 5.41) is 5.06. The van der Waals surface area contributed by atoms with Crippen LogP contribution >= 0.6 is 0 Å². The minimum Gasteiger partial charge on any atom is -0.324 e. The van der Waals surface area contributed by atoms with Crippen molar-refractivity contribution in [3.8, 4) is 11.1 Å². The van der Waals surface area contributed by atoms with Crippen LogP contribution in [0.2, 0.25) is 0 Å². The zero-order chi connectivity index (χ0) is 18.1. The second-order valence-corrected chi connectivity index (χ2v) is 6.38. The van der Waals surface area contributed by atoms with Crippen molar-refractivity contribution in [3.63, 3.8) is 0 Å². The minimum atomic E-state index is -0.568. The number of aromatic nitrogens is 1. The molecule has 0 aliphatic rings. The topological polar surface area (TPSA) is 68.0 Å². The van der Waals surface area contributed by atoms with Gasteiger partial charge in [-0.25, -0.2) is 4.98 Å². The summed E-state index contributed by atoms with van der Waals surface area (Å²) >= 11 is 0. The first-order chi connectivity index (χ1) is 12.6. The van der Waals surface area contributed by atoms with Gasteiger partial charge in [0.25, 0.3) is 0 Å². The van der Waals surface area contributed by atoms with Gasteiger partial charge < -0.3 is 11.1 Å². The Balaban J connectivity index is 1.92. The zero-order valence-electron chi connectivity index (χ0n) is 14.4. The number of nitrogens with two attached hydrogens (primary N) is 1. The summed E-state index contributed by atoms with van der Waals surface area (Å²) in [4.78, 5) is 16.9. The number of hydrogen-bond acceptors (Lipinski definition) is 3. The summed E-state index contributed by atoms with van der Waals surface area (Å²) in [7, 11) is 0. The molecule has 0 saturated carbocycles. The molecule has 4 rings (SSSR count). The van der Waals surface area contributed by atoms with Gasteiger partial charge in [-0.05, 0) is 36.8 Å². The molecule has 1 heterocycles. The largest absolute Gasteiger partial charge is 0.324 e. The minimum absolute atomic E-state index is 0.207. The molecule has 0 aliphatic heterocycles. The summed E-state index contributed by atoms with van der Waals surface area (Å²) in [5.41, 5.74) is 10.3. The van der Waals surface area contributed by atoms with Gasteiger partial charge in [-0.2, -0.15) is 0 Å². The number of para-hydroxylation sites is 2. The van der Waals surface area contributed by atoms with Gasteiger partial charge in [0, 0.05) is 22.0 Å². The molecule has 0 bridgehead atoms. The van der Waals surface area contributed by atoms with Gasteiger partial charge in [0.15, 0.2) is 0 Å². The SMILES string of the molecule is C[C@H](N)C(=O)Nc1ccccc1-c1cccc2nc3ccccc3cc12. The van der Waals surface area contributed by atoms with Crippen molar-refractivity contribution in [2.45, 2.75) is 13.0 Å². The van der Waals surface area contributed by atoms with E-state index in [4.69, 9.17) is 10.7 Å². The molecule has 4 heteroatoms.